The van der Waals surface area contributed by atoms with Gasteiger partial charge in [0.05, 0.1) is 6.10 Å². The van der Waals surface area contributed by atoms with Crippen LogP contribution in [-0.4, -0.2) is 53.2 Å². The van der Waals surface area contributed by atoms with Crippen molar-refractivity contribution in [1.29, 1.82) is 0 Å². The third-order valence-corrected chi connectivity index (χ3v) is 3.73. The van der Waals surface area contributed by atoms with Gasteiger partial charge in [-0.3, -0.25) is 9.98 Å². The van der Waals surface area contributed by atoms with Crippen LogP contribution in [0.15, 0.2) is 23.3 Å². The molecule has 1 aliphatic rings. The highest BCUT2D eigenvalue weighted by Crippen LogP contribution is 2.10. The highest BCUT2D eigenvalue weighted by Gasteiger charge is 2.19. The summed E-state index contributed by atoms with van der Waals surface area (Å²) in [6, 6.07) is 4.15. The third kappa shape index (κ3) is 5.01. The summed E-state index contributed by atoms with van der Waals surface area (Å²) in [5.74, 6) is 0.962. The number of piperidine rings is 1. The minimum Gasteiger partial charge on any atom is -0.393 e. The van der Waals surface area contributed by atoms with E-state index in [1.165, 1.54) is 5.56 Å². The average Bonchev–Trinajstić information content (AvgIpc) is 2.49. The first-order chi connectivity index (χ1) is 10.2. The molecular formula is C16H26N4O. The Morgan fingerprint density at radius 2 is 2.19 bits per heavy atom. The van der Waals surface area contributed by atoms with Gasteiger partial charge in [0.2, 0.25) is 0 Å². The van der Waals surface area contributed by atoms with Crippen LogP contribution in [0.3, 0.4) is 0 Å². The Labute approximate surface area is 127 Å². The maximum atomic E-state index is 9.59. The molecular weight excluding hydrogens is 264 g/mol. The summed E-state index contributed by atoms with van der Waals surface area (Å²) in [7, 11) is 0. The van der Waals surface area contributed by atoms with Crippen molar-refractivity contribution in [1.82, 2.24) is 15.2 Å². The van der Waals surface area contributed by atoms with E-state index in [4.69, 9.17) is 4.99 Å². The lowest BCUT2D eigenvalue weighted by atomic mass is 10.1. The van der Waals surface area contributed by atoms with Crippen molar-refractivity contribution in [3.63, 3.8) is 0 Å². The predicted molar refractivity (Wildman–Crippen MR) is 85.5 cm³/mol. The molecule has 2 rings (SSSR count). The quantitative estimate of drug-likeness (QED) is 0.649. The van der Waals surface area contributed by atoms with Crippen LogP contribution in [0.5, 0.6) is 0 Å². The van der Waals surface area contributed by atoms with Crippen LogP contribution >= 0.6 is 0 Å². The molecule has 5 nitrogen and oxygen atoms in total. The summed E-state index contributed by atoms with van der Waals surface area (Å²) in [5.41, 5.74) is 2.26. The molecule has 0 atom stereocenters. The predicted octanol–water partition coefficient (Wildman–Crippen LogP) is 1.35. The summed E-state index contributed by atoms with van der Waals surface area (Å²) in [6.45, 7) is 7.45. The second kappa shape index (κ2) is 7.98. The number of likely N-dealkylation sites (tertiary alicyclic amines) is 1. The second-order valence-corrected chi connectivity index (χ2v) is 5.51. The van der Waals surface area contributed by atoms with Gasteiger partial charge in [-0.15, -0.1) is 0 Å². The van der Waals surface area contributed by atoms with Crippen LogP contribution in [0.4, 0.5) is 0 Å². The van der Waals surface area contributed by atoms with Crippen LogP contribution in [-0.2, 0) is 6.42 Å². The van der Waals surface area contributed by atoms with Crippen molar-refractivity contribution in [2.75, 3.05) is 26.2 Å². The van der Waals surface area contributed by atoms with E-state index in [1.54, 1.807) is 0 Å². The number of aliphatic hydroxyl groups is 1. The first kappa shape index (κ1) is 15.8. The number of pyridine rings is 1. The minimum absolute atomic E-state index is 0.150. The fraction of sp³-hybridized carbons (Fsp3) is 0.625. The fourth-order valence-electron chi connectivity index (χ4n) is 2.44. The Kier molecular flexibility index (Phi) is 5.99. The Bertz CT molecular complexity index is 450. The van der Waals surface area contributed by atoms with Crippen LogP contribution in [0.1, 0.15) is 31.0 Å². The molecule has 0 amide bonds. The van der Waals surface area contributed by atoms with E-state index in [1.807, 2.05) is 19.2 Å². The van der Waals surface area contributed by atoms with Gasteiger partial charge in [0.1, 0.15) is 0 Å². The van der Waals surface area contributed by atoms with E-state index < -0.39 is 0 Å². The number of rotatable bonds is 4. The molecule has 2 N–H and O–H groups in total. The van der Waals surface area contributed by atoms with Gasteiger partial charge < -0.3 is 15.3 Å². The largest absolute Gasteiger partial charge is 0.393 e. The number of guanidine groups is 1. The van der Waals surface area contributed by atoms with Crippen LogP contribution in [0, 0.1) is 6.92 Å². The minimum atomic E-state index is -0.150. The molecule has 116 valence electrons. The number of aliphatic imine (C=N–C) groups is 1. The lowest BCUT2D eigenvalue weighted by Crippen LogP contribution is -2.46. The molecule has 1 aliphatic heterocycles. The zero-order chi connectivity index (χ0) is 15.1. The van der Waals surface area contributed by atoms with E-state index in [-0.39, 0.29) is 6.10 Å². The first-order valence-electron chi connectivity index (χ1n) is 7.82. The van der Waals surface area contributed by atoms with E-state index in [0.717, 1.165) is 57.1 Å². The molecule has 0 bridgehead atoms. The van der Waals surface area contributed by atoms with Crippen molar-refractivity contribution in [3.8, 4) is 0 Å². The molecule has 0 saturated carbocycles. The summed E-state index contributed by atoms with van der Waals surface area (Å²) in [5, 5.41) is 12.9. The average molecular weight is 290 g/mol. The fourth-order valence-corrected chi connectivity index (χ4v) is 2.44. The standard InChI is InChI=1S/C16H26N4O/c1-3-17-16(20-10-7-15(21)8-11-20)18-9-6-14-5-4-13(2)19-12-14/h4-5,12,15,21H,3,6-11H2,1-2H3,(H,17,18). The molecule has 1 aromatic rings. The Morgan fingerprint density at radius 1 is 1.43 bits per heavy atom. The smallest absolute Gasteiger partial charge is 0.193 e. The maximum absolute atomic E-state index is 9.59. The third-order valence-electron chi connectivity index (χ3n) is 3.73. The molecule has 1 aromatic heterocycles. The molecule has 5 heteroatoms. The Hall–Kier alpha value is -1.62. The van der Waals surface area contributed by atoms with Crippen molar-refractivity contribution >= 4 is 5.96 Å². The van der Waals surface area contributed by atoms with Crippen LogP contribution in [0.25, 0.3) is 0 Å². The number of aryl methyl sites for hydroxylation is 1. The molecule has 0 aliphatic carbocycles. The Morgan fingerprint density at radius 3 is 2.81 bits per heavy atom. The number of hydrogen-bond acceptors (Lipinski definition) is 3. The van der Waals surface area contributed by atoms with Gasteiger partial charge in [-0.2, -0.15) is 0 Å². The zero-order valence-electron chi connectivity index (χ0n) is 13.0. The number of nitrogens with zero attached hydrogens (tertiary/aromatic N) is 3. The molecule has 2 heterocycles. The SMILES string of the molecule is CCNC(=NCCc1ccc(C)nc1)N1CCC(O)CC1. The van der Waals surface area contributed by atoms with E-state index in [9.17, 15) is 5.11 Å². The van der Waals surface area contributed by atoms with Gasteiger partial charge in [-0.05, 0) is 44.7 Å². The number of hydrogen-bond donors (Lipinski definition) is 2. The topological polar surface area (TPSA) is 60.8 Å². The summed E-state index contributed by atoms with van der Waals surface area (Å²) >= 11 is 0. The van der Waals surface area contributed by atoms with Gasteiger partial charge in [0.25, 0.3) is 0 Å². The lowest BCUT2D eigenvalue weighted by Gasteiger charge is -2.32. The highest BCUT2D eigenvalue weighted by molar-refractivity contribution is 5.80. The molecule has 1 fully saturated rings. The molecule has 0 spiro atoms. The van der Waals surface area contributed by atoms with E-state index >= 15 is 0 Å². The zero-order valence-corrected chi connectivity index (χ0v) is 13.0. The number of aliphatic hydroxyl groups excluding tert-OH is 1. The molecule has 1 saturated heterocycles. The van der Waals surface area contributed by atoms with Gasteiger partial charge in [-0.25, -0.2) is 0 Å². The number of aromatic nitrogens is 1. The maximum Gasteiger partial charge on any atom is 0.193 e. The van der Waals surface area contributed by atoms with Crippen molar-refractivity contribution in [3.05, 3.63) is 29.6 Å². The lowest BCUT2D eigenvalue weighted by molar-refractivity contribution is 0.108. The van der Waals surface area contributed by atoms with Crippen LogP contribution in [0.2, 0.25) is 0 Å². The van der Waals surface area contributed by atoms with Crippen LogP contribution < -0.4 is 5.32 Å². The molecule has 0 aromatic carbocycles. The van der Waals surface area contributed by atoms with Crippen molar-refractivity contribution in [2.45, 2.75) is 39.2 Å². The normalized spacial score (nSPS) is 17.1. The molecule has 0 radical (unpaired) electrons. The first-order valence-corrected chi connectivity index (χ1v) is 7.82. The van der Waals surface area contributed by atoms with Gasteiger partial charge in [0, 0.05) is 38.1 Å². The summed E-state index contributed by atoms with van der Waals surface area (Å²) < 4.78 is 0. The van der Waals surface area contributed by atoms with Gasteiger partial charge in [-0.1, -0.05) is 6.07 Å². The van der Waals surface area contributed by atoms with E-state index in [0.29, 0.717) is 0 Å². The number of nitrogens with one attached hydrogen (secondary N) is 1. The molecule has 0 unspecified atom stereocenters. The van der Waals surface area contributed by atoms with Gasteiger partial charge >= 0.3 is 0 Å². The second-order valence-electron chi connectivity index (χ2n) is 5.51. The summed E-state index contributed by atoms with van der Waals surface area (Å²) in [6.07, 6.45) is 4.33. The highest BCUT2D eigenvalue weighted by atomic mass is 16.3. The Balaban J connectivity index is 1.89. The van der Waals surface area contributed by atoms with Crippen molar-refractivity contribution in [2.24, 2.45) is 4.99 Å². The monoisotopic (exact) mass is 290 g/mol. The van der Waals surface area contributed by atoms with Gasteiger partial charge in [0.15, 0.2) is 5.96 Å². The molecule has 21 heavy (non-hydrogen) atoms. The summed E-state index contributed by atoms with van der Waals surface area (Å²) in [4.78, 5) is 11.3. The van der Waals surface area contributed by atoms with Crippen molar-refractivity contribution < 1.29 is 5.11 Å². The van der Waals surface area contributed by atoms with E-state index in [2.05, 4.69) is 28.2 Å².